The molecule has 0 radical (unpaired) electrons. The van der Waals surface area contributed by atoms with Gasteiger partial charge in [-0.15, -0.1) is 0 Å². The van der Waals surface area contributed by atoms with Crippen molar-refractivity contribution in [1.29, 1.82) is 0 Å². The maximum Gasteiger partial charge on any atom is 0.257 e. The number of anilines is 2. The number of aromatic nitrogens is 2. The van der Waals surface area contributed by atoms with Gasteiger partial charge in [0.05, 0.1) is 52.4 Å². The summed E-state index contributed by atoms with van der Waals surface area (Å²) >= 11 is 24.7. The zero-order valence-corrected chi connectivity index (χ0v) is 32.9. The highest BCUT2D eigenvalue weighted by Gasteiger charge is 2.17. The third kappa shape index (κ3) is 10.2. The quantitative estimate of drug-likeness (QED) is 0.154. The van der Waals surface area contributed by atoms with Crippen LogP contribution in [0.2, 0.25) is 20.1 Å². The van der Waals surface area contributed by atoms with Gasteiger partial charge in [-0.05, 0) is 97.1 Å². The topological polar surface area (TPSA) is 152 Å². The van der Waals surface area contributed by atoms with E-state index in [2.05, 4.69) is 20.6 Å². The van der Waals surface area contributed by atoms with Gasteiger partial charge in [-0.1, -0.05) is 58.5 Å². The molecule has 0 spiro atoms. The normalized spacial score (nSPS) is 11.2. The fourth-order valence-corrected chi connectivity index (χ4v) is 7.25. The Bertz CT molecular complexity index is 2410. The summed E-state index contributed by atoms with van der Waals surface area (Å²) in [6, 6.07) is 28.9. The van der Waals surface area contributed by atoms with E-state index in [9.17, 15) is 26.4 Å². The van der Waals surface area contributed by atoms with Gasteiger partial charge in [-0.25, -0.2) is 16.8 Å². The molecule has 2 aromatic heterocycles. The first kappa shape index (κ1) is 40.4. The molecule has 4 aromatic carbocycles. The molecular weight excluding hydrogens is 814 g/mol. The average molecular weight is 843 g/mol. The van der Waals surface area contributed by atoms with Crippen LogP contribution in [0.15, 0.2) is 131 Å². The van der Waals surface area contributed by atoms with Gasteiger partial charge in [0.15, 0.2) is 19.7 Å². The molecule has 276 valence electrons. The van der Waals surface area contributed by atoms with Gasteiger partial charge in [0.1, 0.15) is 0 Å². The summed E-state index contributed by atoms with van der Waals surface area (Å²) in [6.07, 6.45) is 5.45. The minimum atomic E-state index is -3.41. The monoisotopic (exact) mass is 840 g/mol. The van der Waals surface area contributed by atoms with E-state index in [1.54, 1.807) is 60.9 Å². The van der Waals surface area contributed by atoms with E-state index >= 15 is 0 Å². The van der Waals surface area contributed by atoms with Gasteiger partial charge < -0.3 is 10.6 Å². The summed E-state index contributed by atoms with van der Waals surface area (Å²) in [4.78, 5) is 33.7. The molecule has 16 heteroatoms. The summed E-state index contributed by atoms with van der Waals surface area (Å²) in [5, 5.41) is 6.58. The van der Waals surface area contributed by atoms with Crippen LogP contribution in [-0.4, -0.2) is 51.1 Å². The molecule has 0 aliphatic rings. The second-order valence-electron chi connectivity index (χ2n) is 11.6. The largest absolute Gasteiger partial charge is 0.322 e. The average Bonchev–Trinajstić information content (AvgIpc) is 3.13. The number of sulfone groups is 2. The number of nitrogens with zero attached hydrogens (tertiary/aromatic N) is 2. The molecule has 2 N–H and O–H groups in total. The van der Waals surface area contributed by atoms with Gasteiger partial charge >= 0.3 is 0 Å². The third-order valence-electron chi connectivity index (χ3n) is 7.56. The van der Waals surface area contributed by atoms with Crippen LogP contribution in [0.5, 0.6) is 0 Å². The Morgan fingerprint density at radius 3 is 1.20 bits per heavy atom. The van der Waals surface area contributed by atoms with Crippen LogP contribution < -0.4 is 10.6 Å². The maximum atomic E-state index is 12.5. The van der Waals surface area contributed by atoms with Gasteiger partial charge in [-0.3, -0.25) is 19.6 Å². The van der Waals surface area contributed by atoms with Gasteiger partial charge in [0, 0.05) is 47.4 Å². The second kappa shape index (κ2) is 17.1. The molecule has 6 rings (SSSR count). The van der Waals surface area contributed by atoms with E-state index in [1.807, 2.05) is 24.3 Å². The van der Waals surface area contributed by atoms with Crippen molar-refractivity contribution >= 4 is 89.3 Å². The lowest BCUT2D eigenvalue weighted by Gasteiger charge is -2.10. The lowest BCUT2D eigenvalue weighted by atomic mass is 10.1. The highest BCUT2D eigenvalue weighted by Crippen LogP contribution is 2.31. The third-order valence-corrected chi connectivity index (χ3v) is 11.1. The summed E-state index contributed by atoms with van der Waals surface area (Å²) in [5.74, 6) is -0.927. The van der Waals surface area contributed by atoms with Crippen LogP contribution >= 0.6 is 46.4 Å². The zero-order chi connectivity index (χ0) is 39.2. The number of pyridine rings is 2. The van der Waals surface area contributed by atoms with Crippen LogP contribution in [0, 0.1) is 0 Å². The fourth-order valence-electron chi connectivity index (χ4n) is 4.86. The molecular formula is C38H28Cl4N4O6S2. The summed E-state index contributed by atoms with van der Waals surface area (Å²) in [5.41, 5.74) is 4.05. The van der Waals surface area contributed by atoms with Crippen molar-refractivity contribution in [2.45, 2.75) is 9.79 Å². The van der Waals surface area contributed by atoms with Crippen molar-refractivity contribution in [1.82, 2.24) is 9.97 Å². The highest BCUT2D eigenvalue weighted by atomic mass is 35.5. The number of nitrogens with one attached hydrogen (secondary N) is 2. The fraction of sp³-hybridized carbons (Fsp3) is 0.0526. The van der Waals surface area contributed by atoms with E-state index in [-0.39, 0.29) is 31.0 Å². The van der Waals surface area contributed by atoms with Gasteiger partial charge in [0.2, 0.25) is 0 Å². The molecule has 10 nitrogen and oxygen atoms in total. The number of amides is 2. The molecule has 6 aromatic rings. The minimum absolute atomic E-state index is 0.0491. The summed E-state index contributed by atoms with van der Waals surface area (Å²) in [7, 11) is -6.81. The van der Waals surface area contributed by atoms with Crippen LogP contribution in [0.3, 0.4) is 0 Å². The molecule has 54 heavy (non-hydrogen) atoms. The van der Waals surface area contributed by atoms with Crippen LogP contribution in [0.25, 0.3) is 22.5 Å². The number of benzene rings is 4. The van der Waals surface area contributed by atoms with Gasteiger partial charge in [0.25, 0.3) is 11.8 Å². The number of rotatable bonds is 8. The Morgan fingerprint density at radius 1 is 0.500 bits per heavy atom. The molecule has 0 saturated heterocycles. The number of hydrogen-bond acceptors (Lipinski definition) is 8. The van der Waals surface area contributed by atoms with Crippen molar-refractivity contribution in [2.75, 3.05) is 23.1 Å². The predicted octanol–water partition coefficient (Wildman–Crippen LogP) is 9.42. The maximum absolute atomic E-state index is 12.5. The predicted molar refractivity (Wildman–Crippen MR) is 214 cm³/mol. The molecule has 0 fully saturated rings. The Hall–Kier alpha value is -4.82. The standard InChI is InChI=1S/2C19H14Cl2N2O3S/c2*1-27(25,26)13-6-7-14(17(21)11-13)19(24)23-12-5-8-16(20)15(10-12)18-4-2-3-9-22-18/h2*2-11H,1H3,(H,23,24). The van der Waals surface area contributed by atoms with E-state index in [0.717, 1.165) is 12.5 Å². The lowest BCUT2D eigenvalue weighted by Crippen LogP contribution is -2.13. The first-order valence-corrected chi connectivity index (χ1v) is 20.8. The van der Waals surface area contributed by atoms with E-state index in [1.165, 1.54) is 36.4 Å². The molecule has 0 atom stereocenters. The Labute approximate surface area is 332 Å². The van der Waals surface area contributed by atoms with E-state index in [0.29, 0.717) is 43.9 Å². The molecule has 2 heterocycles. The number of halogens is 4. The van der Waals surface area contributed by atoms with E-state index < -0.39 is 31.5 Å². The summed E-state index contributed by atoms with van der Waals surface area (Å²) < 4.78 is 46.3. The van der Waals surface area contributed by atoms with Crippen LogP contribution in [0.1, 0.15) is 20.7 Å². The number of carbonyl (C=O) groups is 2. The van der Waals surface area contributed by atoms with Crippen molar-refractivity contribution in [2.24, 2.45) is 0 Å². The van der Waals surface area contributed by atoms with E-state index in [4.69, 9.17) is 46.4 Å². The van der Waals surface area contributed by atoms with Crippen molar-refractivity contribution in [3.05, 3.63) is 153 Å². The Morgan fingerprint density at radius 2 is 0.889 bits per heavy atom. The number of hydrogen-bond donors (Lipinski definition) is 2. The van der Waals surface area contributed by atoms with Gasteiger partial charge in [-0.2, -0.15) is 0 Å². The van der Waals surface area contributed by atoms with Crippen molar-refractivity contribution in [3.63, 3.8) is 0 Å². The van der Waals surface area contributed by atoms with Crippen molar-refractivity contribution in [3.8, 4) is 22.5 Å². The zero-order valence-electron chi connectivity index (χ0n) is 28.2. The Balaban J connectivity index is 0.000000208. The first-order valence-electron chi connectivity index (χ1n) is 15.5. The second-order valence-corrected chi connectivity index (χ2v) is 17.2. The molecule has 0 bridgehead atoms. The van der Waals surface area contributed by atoms with Crippen LogP contribution in [0.4, 0.5) is 11.4 Å². The SMILES string of the molecule is CS(=O)(=O)c1ccc(C(=O)Nc2ccc(Cl)c(-c3ccccn3)c2)c(Cl)c1.CS(=O)(=O)c1ccc(C(=O)Nc2ccc(Cl)c(-c3ccccn3)c2)c(Cl)c1. The van der Waals surface area contributed by atoms with Crippen LogP contribution in [-0.2, 0) is 19.7 Å². The molecule has 0 aliphatic carbocycles. The lowest BCUT2D eigenvalue weighted by molar-refractivity contribution is 0.101. The summed E-state index contributed by atoms with van der Waals surface area (Å²) in [6.45, 7) is 0. The highest BCUT2D eigenvalue weighted by molar-refractivity contribution is 7.91. The first-order chi connectivity index (χ1) is 25.5. The minimum Gasteiger partial charge on any atom is -0.322 e. The molecule has 0 aliphatic heterocycles. The van der Waals surface area contributed by atoms with Crippen molar-refractivity contribution < 1.29 is 26.4 Å². The molecule has 0 unspecified atom stereocenters. The smallest absolute Gasteiger partial charge is 0.257 e. The molecule has 2 amide bonds. The molecule has 0 saturated carbocycles. The Kier molecular flexibility index (Phi) is 12.8. The number of carbonyl (C=O) groups excluding carboxylic acids is 2.